The molecule has 0 fully saturated rings. The SMILES string of the molecule is Nc1ccncc1CCc1cccc(Cl)c1Cl. The van der Waals surface area contributed by atoms with Crippen molar-refractivity contribution in [2.24, 2.45) is 0 Å². The predicted octanol–water partition coefficient (Wildman–Crippen LogP) is 3.76. The van der Waals surface area contributed by atoms with Gasteiger partial charge in [0.15, 0.2) is 0 Å². The number of nitrogen functional groups attached to an aromatic ring is 1. The molecule has 0 amide bonds. The van der Waals surface area contributed by atoms with Crippen LogP contribution >= 0.6 is 23.2 Å². The second-order valence-electron chi connectivity index (χ2n) is 3.79. The second kappa shape index (κ2) is 5.39. The van der Waals surface area contributed by atoms with Crippen molar-refractivity contribution in [3.05, 3.63) is 57.8 Å². The summed E-state index contributed by atoms with van der Waals surface area (Å²) in [6.07, 6.45) is 5.08. The normalized spacial score (nSPS) is 10.5. The predicted molar refractivity (Wildman–Crippen MR) is 72.5 cm³/mol. The lowest BCUT2D eigenvalue weighted by atomic mass is 10.0. The number of rotatable bonds is 3. The van der Waals surface area contributed by atoms with Crippen molar-refractivity contribution < 1.29 is 0 Å². The average Bonchev–Trinajstić information content (AvgIpc) is 2.33. The summed E-state index contributed by atoms with van der Waals surface area (Å²) in [5.74, 6) is 0. The zero-order valence-electron chi connectivity index (χ0n) is 9.16. The number of pyridine rings is 1. The fourth-order valence-electron chi connectivity index (χ4n) is 1.66. The molecule has 2 nitrogen and oxygen atoms in total. The molecular weight excluding hydrogens is 255 g/mol. The Morgan fingerprint density at radius 1 is 1.06 bits per heavy atom. The minimum Gasteiger partial charge on any atom is -0.398 e. The van der Waals surface area contributed by atoms with Crippen molar-refractivity contribution >= 4 is 28.9 Å². The van der Waals surface area contributed by atoms with Gasteiger partial charge in [-0.3, -0.25) is 4.98 Å². The topological polar surface area (TPSA) is 38.9 Å². The highest BCUT2D eigenvalue weighted by atomic mass is 35.5. The molecule has 0 saturated heterocycles. The van der Waals surface area contributed by atoms with Crippen molar-refractivity contribution in [3.8, 4) is 0 Å². The maximum Gasteiger partial charge on any atom is 0.0624 e. The van der Waals surface area contributed by atoms with E-state index in [1.54, 1.807) is 24.5 Å². The fourth-order valence-corrected chi connectivity index (χ4v) is 2.07. The van der Waals surface area contributed by atoms with Crippen molar-refractivity contribution in [3.63, 3.8) is 0 Å². The van der Waals surface area contributed by atoms with Crippen molar-refractivity contribution in [2.45, 2.75) is 12.8 Å². The zero-order valence-corrected chi connectivity index (χ0v) is 10.7. The van der Waals surface area contributed by atoms with Crippen LogP contribution < -0.4 is 5.73 Å². The van der Waals surface area contributed by atoms with E-state index in [1.165, 1.54) is 0 Å². The highest BCUT2D eigenvalue weighted by Gasteiger charge is 2.05. The van der Waals surface area contributed by atoms with Crippen LogP contribution in [0.3, 0.4) is 0 Å². The molecule has 2 rings (SSSR count). The minimum absolute atomic E-state index is 0.586. The summed E-state index contributed by atoms with van der Waals surface area (Å²) in [7, 11) is 0. The molecule has 1 aromatic carbocycles. The quantitative estimate of drug-likeness (QED) is 0.919. The van der Waals surface area contributed by atoms with E-state index >= 15 is 0 Å². The monoisotopic (exact) mass is 266 g/mol. The third-order valence-corrected chi connectivity index (χ3v) is 3.49. The maximum atomic E-state index is 6.12. The smallest absolute Gasteiger partial charge is 0.0624 e. The number of anilines is 1. The van der Waals surface area contributed by atoms with Crippen LogP contribution in [0.4, 0.5) is 5.69 Å². The number of aromatic nitrogens is 1. The molecule has 0 aliphatic rings. The molecule has 0 atom stereocenters. The Balaban J connectivity index is 2.13. The van der Waals surface area contributed by atoms with Gasteiger partial charge in [0.1, 0.15) is 0 Å². The molecule has 0 bridgehead atoms. The Bertz CT molecular complexity index is 527. The van der Waals surface area contributed by atoms with Crippen molar-refractivity contribution in [1.29, 1.82) is 0 Å². The van der Waals surface area contributed by atoms with Crippen LogP contribution in [0.15, 0.2) is 36.7 Å². The van der Waals surface area contributed by atoms with Gasteiger partial charge in [0.2, 0.25) is 0 Å². The minimum atomic E-state index is 0.586. The van der Waals surface area contributed by atoms with E-state index in [1.807, 2.05) is 12.1 Å². The van der Waals surface area contributed by atoms with E-state index in [9.17, 15) is 0 Å². The molecular formula is C13H12Cl2N2. The Morgan fingerprint density at radius 3 is 2.59 bits per heavy atom. The van der Waals surface area contributed by atoms with Crippen molar-refractivity contribution in [2.75, 3.05) is 5.73 Å². The highest BCUT2D eigenvalue weighted by Crippen LogP contribution is 2.26. The van der Waals surface area contributed by atoms with Gasteiger partial charge in [0.25, 0.3) is 0 Å². The summed E-state index contributed by atoms with van der Waals surface area (Å²) in [6, 6.07) is 7.46. The van der Waals surface area contributed by atoms with E-state index < -0.39 is 0 Å². The van der Waals surface area contributed by atoms with Gasteiger partial charge in [-0.15, -0.1) is 0 Å². The summed E-state index contributed by atoms with van der Waals surface area (Å²) >= 11 is 12.1. The molecule has 17 heavy (non-hydrogen) atoms. The first-order valence-corrected chi connectivity index (χ1v) is 6.05. The van der Waals surface area contributed by atoms with Crippen LogP contribution in [-0.2, 0) is 12.8 Å². The first-order chi connectivity index (χ1) is 8.18. The summed E-state index contributed by atoms with van der Waals surface area (Å²) in [6.45, 7) is 0. The molecule has 0 aliphatic carbocycles. The zero-order chi connectivity index (χ0) is 12.3. The third-order valence-electron chi connectivity index (χ3n) is 2.64. The van der Waals surface area contributed by atoms with Crippen LogP contribution in [0.5, 0.6) is 0 Å². The summed E-state index contributed by atoms with van der Waals surface area (Å²) in [5.41, 5.74) is 8.68. The Labute approximate surface area is 110 Å². The summed E-state index contributed by atoms with van der Waals surface area (Å²) in [4.78, 5) is 4.06. The number of halogens is 2. The third kappa shape index (κ3) is 2.90. The Kier molecular flexibility index (Phi) is 3.87. The number of hydrogen-bond donors (Lipinski definition) is 1. The van der Waals surface area contributed by atoms with Crippen LogP contribution in [0, 0.1) is 0 Å². The number of nitrogens with two attached hydrogens (primary N) is 1. The van der Waals surface area contributed by atoms with Crippen LogP contribution in [0.2, 0.25) is 10.0 Å². The molecule has 2 aromatic rings. The van der Waals surface area contributed by atoms with Crippen LogP contribution in [-0.4, -0.2) is 4.98 Å². The summed E-state index contributed by atoms with van der Waals surface area (Å²) < 4.78 is 0. The molecule has 1 heterocycles. The van der Waals surface area contributed by atoms with Gasteiger partial charge in [0, 0.05) is 18.1 Å². The van der Waals surface area contributed by atoms with Crippen molar-refractivity contribution in [1.82, 2.24) is 4.98 Å². The molecule has 88 valence electrons. The van der Waals surface area contributed by atoms with E-state index in [-0.39, 0.29) is 0 Å². The largest absolute Gasteiger partial charge is 0.398 e. The van der Waals surface area contributed by atoms with Crippen LogP contribution in [0.25, 0.3) is 0 Å². The lowest BCUT2D eigenvalue weighted by molar-refractivity contribution is 0.953. The summed E-state index contributed by atoms with van der Waals surface area (Å²) in [5, 5.41) is 1.21. The van der Waals surface area contributed by atoms with Gasteiger partial charge < -0.3 is 5.73 Å². The molecule has 0 aliphatic heterocycles. The van der Waals surface area contributed by atoms with Gasteiger partial charge in [0.05, 0.1) is 10.0 Å². The van der Waals surface area contributed by atoms with E-state index in [4.69, 9.17) is 28.9 Å². The van der Waals surface area contributed by atoms with E-state index in [0.717, 1.165) is 29.7 Å². The molecule has 1 aromatic heterocycles. The van der Waals surface area contributed by atoms with Gasteiger partial charge >= 0.3 is 0 Å². The molecule has 4 heteroatoms. The first-order valence-electron chi connectivity index (χ1n) is 5.29. The standard InChI is InChI=1S/C13H12Cl2N2/c14-11-3-1-2-9(13(11)15)4-5-10-8-17-7-6-12(10)16/h1-3,6-8H,4-5H2,(H2,16,17). The van der Waals surface area contributed by atoms with E-state index in [2.05, 4.69) is 4.98 Å². The number of nitrogens with zero attached hydrogens (tertiary/aromatic N) is 1. The highest BCUT2D eigenvalue weighted by molar-refractivity contribution is 6.42. The molecule has 0 radical (unpaired) electrons. The Morgan fingerprint density at radius 2 is 1.82 bits per heavy atom. The molecule has 0 saturated carbocycles. The fraction of sp³-hybridized carbons (Fsp3) is 0.154. The van der Waals surface area contributed by atoms with Gasteiger partial charge in [-0.1, -0.05) is 35.3 Å². The van der Waals surface area contributed by atoms with Gasteiger partial charge in [-0.05, 0) is 36.1 Å². The molecule has 0 spiro atoms. The van der Waals surface area contributed by atoms with E-state index in [0.29, 0.717) is 10.0 Å². The number of hydrogen-bond acceptors (Lipinski definition) is 2. The Hall–Kier alpha value is -1.25. The average molecular weight is 267 g/mol. The second-order valence-corrected chi connectivity index (χ2v) is 4.57. The van der Waals surface area contributed by atoms with Gasteiger partial charge in [-0.2, -0.15) is 0 Å². The number of benzene rings is 1. The lowest BCUT2D eigenvalue weighted by Crippen LogP contribution is -1.98. The van der Waals surface area contributed by atoms with Crippen LogP contribution in [0.1, 0.15) is 11.1 Å². The lowest BCUT2D eigenvalue weighted by Gasteiger charge is -2.07. The first kappa shape index (κ1) is 12.2. The molecule has 0 unspecified atom stereocenters. The van der Waals surface area contributed by atoms with Gasteiger partial charge in [-0.25, -0.2) is 0 Å². The molecule has 2 N–H and O–H groups in total. The maximum absolute atomic E-state index is 6.12. The number of aryl methyl sites for hydroxylation is 2.